The number of carbonyl (C=O) groups is 3. The Morgan fingerprint density at radius 2 is 1.58 bits per heavy atom. The highest BCUT2D eigenvalue weighted by atomic mass is 79.9. The molecule has 0 saturated heterocycles. The Morgan fingerprint density at radius 3 is 2.29 bits per heavy atom. The molecule has 0 saturated carbocycles. The van der Waals surface area contributed by atoms with Gasteiger partial charge in [-0.25, -0.2) is 4.79 Å². The Labute approximate surface area is 187 Å². The van der Waals surface area contributed by atoms with Crippen molar-refractivity contribution in [1.29, 1.82) is 0 Å². The van der Waals surface area contributed by atoms with Crippen molar-refractivity contribution in [2.75, 3.05) is 11.9 Å². The normalized spacial score (nSPS) is 10.2. The summed E-state index contributed by atoms with van der Waals surface area (Å²) in [6.45, 7) is -0.220. The second-order valence-electron chi connectivity index (χ2n) is 6.44. The summed E-state index contributed by atoms with van der Waals surface area (Å²) in [4.78, 5) is 35.6. The lowest BCUT2D eigenvalue weighted by Gasteiger charge is -2.12. The van der Waals surface area contributed by atoms with Crippen LogP contribution in [-0.4, -0.2) is 24.4 Å². The van der Waals surface area contributed by atoms with E-state index in [0.29, 0.717) is 17.0 Å². The van der Waals surface area contributed by atoms with Gasteiger partial charge in [-0.1, -0.05) is 46.3 Å². The number of primary amides is 1. The van der Waals surface area contributed by atoms with Gasteiger partial charge >= 0.3 is 5.97 Å². The summed E-state index contributed by atoms with van der Waals surface area (Å²) in [5.74, 6) is -1.41. The van der Waals surface area contributed by atoms with Crippen molar-refractivity contribution in [2.24, 2.45) is 5.73 Å². The smallest absolute Gasteiger partial charge is 0.342 e. The Bertz CT molecular complexity index is 1100. The number of hydrogen-bond donors (Lipinski definition) is 2. The van der Waals surface area contributed by atoms with Crippen LogP contribution in [-0.2, 0) is 16.1 Å². The number of nitrogens with one attached hydrogen (secondary N) is 1. The summed E-state index contributed by atoms with van der Waals surface area (Å²) < 4.78 is 11.8. The van der Waals surface area contributed by atoms with Gasteiger partial charge in [-0.15, -0.1) is 0 Å². The molecule has 2 amide bonds. The molecule has 0 bridgehead atoms. The number of amides is 2. The molecule has 0 radical (unpaired) electrons. The lowest BCUT2D eigenvalue weighted by Crippen LogP contribution is -2.21. The molecule has 0 heterocycles. The van der Waals surface area contributed by atoms with Gasteiger partial charge in [0, 0.05) is 21.3 Å². The highest BCUT2D eigenvalue weighted by Gasteiger charge is 2.16. The van der Waals surface area contributed by atoms with E-state index in [9.17, 15) is 14.4 Å². The minimum Gasteiger partial charge on any atom is -0.488 e. The molecular weight excluding hydrogens is 464 g/mol. The van der Waals surface area contributed by atoms with Crippen molar-refractivity contribution in [2.45, 2.75) is 6.61 Å². The van der Waals surface area contributed by atoms with Crippen LogP contribution in [0.25, 0.3) is 0 Å². The van der Waals surface area contributed by atoms with E-state index in [2.05, 4.69) is 21.2 Å². The number of nitrogens with two attached hydrogens (primary N) is 1. The second kappa shape index (κ2) is 10.4. The lowest BCUT2D eigenvalue weighted by molar-refractivity contribution is -0.119. The summed E-state index contributed by atoms with van der Waals surface area (Å²) in [5, 5.41) is 2.58. The number of para-hydroxylation sites is 1. The highest BCUT2D eigenvalue weighted by Crippen LogP contribution is 2.23. The molecule has 0 aromatic heterocycles. The first kappa shape index (κ1) is 22.0. The average Bonchev–Trinajstić information content (AvgIpc) is 2.77. The minimum absolute atomic E-state index is 0.216. The van der Waals surface area contributed by atoms with E-state index in [1.807, 2.05) is 24.3 Å². The van der Waals surface area contributed by atoms with Crippen LogP contribution in [0.2, 0.25) is 0 Å². The Hall–Kier alpha value is -3.65. The van der Waals surface area contributed by atoms with E-state index in [4.69, 9.17) is 15.2 Å². The van der Waals surface area contributed by atoms with Crippen molar-refractivity contribution in [3.05, 3.63) is 94.0 Å². The molecule has 8 heteroatoms. The molecule has 0 aliphatic carbocycles. The van der Waals surface area contributed by atoms with Gasteiger partial charge in [-0.05, 0) is 42.5 Å². The van der Waals surface area contributed by atoms with Gasteiger partial charge in [0.05, 0.1) is 0 Å². The first-order valence-corrected chi connectivity index (χ1v) is 10.1. The highest BCUT2D eigenvalue weighted by molar-refractivity contribution is 9.10. The molecule has 158 valence electrons. The molecule has 0 aliphatic rings. The number of halogens is 1. The van der Waals surface area contributed by atoms with Crippen LogP contribution in [0.4, 0.5) is 5.69 Å². The molecule has 0 fully saturated rings. The van der Waals surface area contributed by atoms with Gasteiger partial charge in [-0.3, -0.25) is 9.59 Å². The fourth-order valence-corrected chi connectivity index (χ4v) is 3.06. The number of anilines is 1. The standard InChI is InChI=1S/C23H19BrN2O5/c24-19-7-3-1-5-16(19)13-30-20-8-4-2-6-18(20)23(29)31-14-21(27)26-17-11-9-15(10-12-17)22(25)28/h1-12H,13-14H2,(H2,25,28)(H,26,27). The van der Waals surface area contributed by atoms with Crippen LogP contribution in [0.1, 0.15) is 26.3 Å². The minimum atomic E-state index is -0.679. The molecule has 3 aromatic carbocycles. The maximum absolute atomic E-state index is 12.5. The maximum atomic E-state index is 12.5. The third kappa shape index (κ3) is 6.16. The Kier molecular flexibility index (Phi) is 7.40. The van der Waals surface area contributed by atoms with Crippen LogP contribution in [0.3, 0.4) is 0 Å². The van der Waals surface area contributed by atoms with Crippen molar-refractivity contribution in [3.63, 3.8) is 0 Å². The van der Waals surface area contributed by atoms with Crippen LogP contribution in [0.5, 0.6) is 5.75 Å². The lowest BCUT2D eigenvalue weighted by atomic mass is 10.2. The van der Waals surface area contributed by atoms with Gasteiger partial charge < -0.3 is 20.5 Å². The van der Waals surface area contributed by atoms with Crippen LogP contribution in [0.15, 0.2) is 77.3 Å². The zero-order chi connectivity index (χ0) is 22.2. The number of benzene rings is 3. The molecular formula is C23H19BrN2O5. The summed E-state index contributed by atoms with van der Waals surface area (Å²) >= 11 is 3.46. The predicted octanol–water partition coefficient (Wildman–Crippen LogP) is 3.92. The van der Waals surface area contributed by atoms with Crippen molar-refractivity contribution < 1.29 is 23.9 Å². The van der Waals surface area contributed by atoms with Gasteiger partial charge in [-0.2, -0.15) is 0 Å². The van der Waals surface area contributed by atoms with Gasteiger partial charge in [0.2, 0.25) is 5.91 Å². The predicted molar refractivity (Wildman–Crippen MR) is 119 cm³/mol. The maximum Gasteiger partial charge on any atom is 0.342 e. The number of rotatable bonds is 8. The third-order valence-corrected chi connectivity index (χ3v) is 5.01. The van der Waals surface area contributed by atoms with Gasteiger partial charge in [0.1, 0.15) is 17.9 Å². The van der Waals surface area contributed by atoms with Crippen molar-refractivity contribution in [1.82, 2.24) is 0 Å². The zero-order valence-corrected chi connectivity index (χ0v) is 17.9. The Balaban J connectivity index is 1.57. The topological polar surface area (TPSA) is 108 Å². The molecule has 7 nitrogen and oxygen atoms in total. The molecule has 31 heavy (non-hydrogen) atoms. The summed E-state index contributed by atoms with van der Waals surface area (Å²) in [6.07, 6.45) is 0. The number of ether oxygens (including phenoxy) is 2. The molecule has 3 aromatic rings. The first-order valence-electron chi connectivity index (χ1n) is 9.26. The molecule has 3 N–H and O–H groups in total. The fraction of sp³-hybridized carbons (Fsp3) is 0.0870. The summed E-state index contributed by atoms with van der Waals surface area (Å²) in [7, 11) is 0. The Morgan fingerprint density at radius 1 is 0.903 bits per heavy atom. The van der Waals surface area contributed by atoms with Gasteiger partial charge in [0.15, 0.2) is 6.61 Å². The zero-order valence-electron chi connectivity index (χ0n) is 16.3. The van der Waals surface area contributed by atoms with E-state index in [1.54, 1.807) is 24.3 Å². The summed E-state index contributed by atoms with van der Waals surface area (Å²) in [6, 6.07) is 20.3. The molecule has 0 spiro atoms. The SMILES string of the molecule is NC(=O)c1ccc(NC(=O)COC(=O)c2ccccc2OCc2ccccc2Br)cc1. The van der Waals surface area contributed by atoms with E-state index >= 15 is 0 Å². The average molecular weight is 483 g/mol. The van der Waals surface area contributed by atoms with E-state index in [0.717, 1.165) is 10.0 Å². The van der Waals surface area contributed by atoms with Crippen LogP contribution < -0.4 is 15.8 Å². The van der Waals surface area contributed by atoms with Gasteiger partial charge in [0.25, 0.3) is 5.91 Å². The first-order chi connectivity index (χ1) is 14.9. The number of esters is 1. The monoisotopic (exact) mass is 482 g/mol. The third-order valence-electron chi connectivity index (χ3n) is 4.24. The van der Waals surface area contributed by atoms with E-state index in [-0.39, 0.29) is 12.2 Å². The molecule has 0 unspecified atom stereocenters. The molecule has 0 aliphatic heterocycles. The van der Waals surface area contributed by atoms with E-state index in [1.165, 1.54) is 24.3 Å². The number of carbonyl (C=O) groups excluding carboxylic acids is 3. The van der Waals surface area contributed by atoms with E-state index < -0.39 is 24.4 Å². The van der Waals surface area contributed by atoms with Crippen molar-refractivity contribution in [3.8, 4) is 5.75 Å². The number of hydrogen-bond acceptors (Lipinski definition) is 5. The largest absolute Gasteiger partial charge is 0.488 e. The van der Waals surface area contributed by atoms with Crippen LogP contribution >= 0.6 is 15.9 Å². The van der Waals surface area contributed by atoms with Crippen molar-refractivity contribution >= 4 is 39.4 Å². The fourth-order valence-electron chi connectivity index (χ4n) is 2.66. The molecule has 3 rings (SSSR count). The van der Waals surface area contributed by atoms with Crippen LogP contribution in [0, 0.1) is 0 Å². The quantitative estimate of drug-likeness (QED) is 0.473. The molecule has 0 atom stereocenters. The summed E-state index contributed by atoms with van der Waals surface area (Å²) in [5.41, 5.74) is 7.09. The second-order valence-corrected chi connectivity index (χ2v) is 7.30.